The fourth-order valence-corrected chi connectivity index (χ4v) is 2.19. The molecule has 1 aromatic carbocycles. The fourth-order valence-electron chi connectivity index (χ4n) is 1.65. The molecule has 3 nitrogen and oxygen atoms in total. The third-order valence-corrected chi connectivity index (χ3v) is 3.30. The molecule has 0 spiro atoms. The number of thioether (sulfide) groups is 1. The summed E-state index contributed by atoms with van der Waals surface area (Å²) in [6.45, 7) is 2.85. The molecule has 1 heterocycles. The molecule has 0 saturated carbocycles. The summed E-state index contributed by atoms with van der Waals surface area (Å²) in [5.74, 6) is 1.19. The maximum Gasteiger partial charge on any atom is 0.446 e. The summed E-state index contributed by atoms with van der Waals surface area (Å²) in [6.07, 6.45) is 2.60. The average Bonchev–Trinajstić information content (AvgIpc) is 2.44. The van der Waals surface area contributed by atoms with E-state index in [9.17, 15) is 13.2 Å². The summed E-state index contributed by atoms with van der Waals surface area (Å²) in [5.41, 5.74) is -3.59. The van der Waals surface area contributed by atoms with Gasteiger partial charge in [0.25, 0.3) is 0 Å². The number of hydrogen-bond acceptors (Lipinski definition) is 4. The van der Waals surface area contributed by atoms with Crippen molar-refractivity contribution >= 4 is 17.6 Å². The van der Waals surface area contributed by atoms with Gasteiger partial charge in [0.1, 0.15) is 5.82 Å². The molecule has 0 aliphatic rings. The van der Waals surface area contributed by atoms with Gasteiger partial charge in [0.2, 0.25) is 0 Å². The summed E-state index contributed by atoms with van der Waals surface area (Å²) in [7, 11) is 0. The van der Waals surface area contributed by atoms with E-state index in [0.717, 1.165) is 13.0 Å². The Hall–Kier alpha value is -1.76. The molecule has 0 saturated heterocycles. The molecule has 0 aliphatic heterocycles. The Bertz CT molecular complexity index is 585. The zero-order valence-electron chi connectivity index (χ0n) is 11.3. The van der Waals surface area contributed by atoms with Crippen LogP contribution in [0.4, 0.5) is 19.0 Å². The van der Waals surface area contributed by atoms with Crippen LogP contribution < -0.4 is 5.32 Å². The number of rotatable bonds is 5. The second kappa shape index (κ2) is 6.80. The Morgan fingerprint density at radius 1 is 1.14 bits per heavy atom. The lowest BCUT2D eigenvalue weighted by molar-refractivity contribution is -0.0328. The van der Waals surface area contributed by atoms with E-state index in [-0.39, 0.29) is 16.7 Å². The maximum absolute atomic E-state index is 12.3. The van der Waals surface area contributed by atoms with Crippen LogP contribution in [-0.2, 0) is 0 Å². The topological polar surface area (TPSA) is 37.8 Å². The van der Waals surface area contributed by atoms with Gasteiger partial charge in [0.05, 0.1) is 0 Å². The number of aromatic nitrogens is 2. The van der Waals surface area contributed by atoms with E-state index in [4.69, 9.17) is 0 Å². The highest BCUT2D eigenvalue weighted by molar-refractivity contribution is 8.00. The molecule has 0 bridgehead atoms. The molecule has 0 atom stereocenters. The molecular weight excluding hydrogens is 299 g/mol. The fraction of sp³-hybridized carbons (Fsp3) is 0.286. The van der Waals surface area contributed by atoms with Crippen molar-refractivity contribution in [1.82, 2.24) is 9.97 Å². The Labute approximate surface area is 125 Å². The first-order valence-electron chi connectivity index (χ1n) is 6.41. The number of alkyl halides is 3. The summed E-state index contributed by atoms with van der Waals surface area (Å²) in [6, 6.07) is 7.78. The second-order valence-electron chi connectivity index (χ2n) is 4.26. The molecule has 1 N–H and O–H groups in total. The largest absolute Gasteiger partial charge is 0.446 e. The van der Waals surface area contributed by atoms with Crippen molar-refractivity contribution in [3.05, 3.63) is 36.5 Å². The van der Waals surface area contributed by atoms with E-state index < -0.39 is 5.51 Å². The van der Waals surface area contributed by atoms with Gasteiger partial charge in [0, 0.05) is 23.2 Å². The Morgan fingerprint density at radius 2 is 1.86 bits per heavy atom. The van der Waals surface area contributed by atoms with Crippen molar-refractivity contribution < 1.29 is 13.2 Å². The number of anilines is 1. The van der Waals surface area contributed by atoms with E-state index in [0.29, 0.717) is 17.2 Å². The van der Waals surface area contributed by atoms with Gasteiger partial charge in [-0.2, -0.15) is 13.2 Å². The van der Waals surface area contributed by atoms with E-state index in [1.54, 1.807) is 24.4 Å². The normalized spacial score (nSPS) is 11.4. The molecule has 0 fully saturated rings. The van der Waals surface area contributed by atoms with Gasteiger partial charge < -0.3 is 5.32 Å². The van der Waals surface area contributed by atoms with Gasteiger partial charge in [-0.15, -0.1) is 0 Å². The minimum absolute atomic E-state index is 0.134. The van der Waals surface area contributed by atoms with Crippen molar-refractivity contribution in [1.29, 1.82) is 0 Å². The summed E-state index contributed by atoms with van der Waals surface area (Å²) >= 11 is -0.134. The van der Waals surface area contributed by atoms with Crippen LogP contribution in [0, 0.1) is 0 Å². The number of halogens is 3. The van der Waals surface area contributed by atoms with Crippen LogP contribution in [0.2, 0.25) is 0 Å². The maximum atomic E-state index is 12.3. The Balaban J connectivity index is 2.15. The van der Waals surface area contributed by atoms with Crippen LogP contribution in [-0.4, -0.2) is 22.0 Å². The monoisotopic (exact) mass is 313 g/mol. The van der Waals surface area contributed by atoms with Crippen molar-refractivity contribution in [3.8, 4) is 11.4 Å². The zero-order valence-corrected chi connectivity index (χ0v) is 12.1. The quantitative estimate of drug-likeness (QED) is 0.820. The highest BCUT2D eigenvalue weighted by Crippen LogP contribution is 2.37. The molecule has 112 valence electrons. The third-order valence-electron chi connectivity index (χ3n) is 2.56. The van der Waals surface area contributed by atoms with Crippen LogP contribution in [0.25, 0.3) is 11.4 Å². The van der Waals surface area contributed by atoms with E-state index in [1.165, 1.54) is 12.1 Å². The van der Waals surface area contributed by atoms with E-state index in [1.807, 2.05) is 6.92 Å². The van der Waals surface area contributed by atoms with Gasteiger partial charge in [-0.25, -0.2) is 9.97 Å². The van der Waals surface area contributed by atoms with E-state index in [2.05, 4.69) is 15.3 Å². The molecule has 2 rings (SSSR count). The van der Waals surface area contributed by atoms with Gasteiger partial charge in [0.15, 0.2) is 5.82 Å². The minimum atomic E-state index is -4.28. The Morgan fingerprint density at radius 3 is 2.48 bits per heavy atom. The highest BCUT2D eigenvalue weighted by Gasteiger charge is 2.29. The third kappa shape index (κ3) is 4.93. The van der Waals surface area contributed by atoms with Gasteiger partial charge >= 0.3 is 5.51 Å². The average molecular weight is 313 g/mol. The Kier molecular flexibility index (Phi) is 5.06. The van der Waals surface area contributed by atoms with Crippen LogP contribution in [0.15, 0.2) is 41.4 Å². The number of hydrogen-bond donors (Lipinski definition) is 1. The van der Waals surface area contributed by atoms with Crippen LogP contribution >= 0.6 is 11.8 Å². The van der Waals surface area contributed by atoms with Crippen molar-refractivity contribution in [2.45, 2.75) is 23.7 Å². The molecular formula is C14H14F3N3S. The first kappa shape index (κ1) is 15.6. The first-order chi connectivity index (χ1) is 9.98. The van der Waals surface area contributed by atoms with Crippen molar-refractivity contribution in [3.63, 3.8) is 0 Å². The first-order valence-corrected chi connectivity index (χ1v) is 7.22. The number of nitrogens with one attached hydrogen (secondary N) is 1. The number of benzene rings is 1. The van der Waals surface area contributed by atoms with Crippen LogP contribution in [0.1, 0.15) is 13.3 Å². The van der Waals surface area contributed by atoms with Crippen LogP contribution in [0.5, 0.6) is 0 Å². The van der Waals surface area contributed by atoms with Gasteiger partial charge in [-0.3, -0.25) is 0 Å². The molecule has 7 heteroatoms. The highest BCUT2D eigenvalue weighted by atomic mass is 32.2. The zero-order chi connectivity index (χ0) is 15.3. The van der Waals surface area contributed by atoms with E-state index >= 15 is 0 Å². The second-order valence-corrected chi connectivity index (χ2v) is 5.40. The van der Waals surface area contributed by atoms with Crippen LogP contribution in [0.3, 0.4) is 0 Å². The summed E-state index contributed by atoms with van der Waals surface area (Å²) in [5, 5.41) is 3.14. The van der Waals surface area contributed by atoms with Gasteiger partial charge in [-0.1, -0.05) is 19.1 Å². The lowest BCUT2D eigenvalue weighted by atomic mass is 10.2. The predicted molar refractivity (Wildman–Crippen MR) is 78.2 cm³/mol. The standard InChI is InChI=1S/C14H14F3N3S/c1-2-8-18-12-7-9-19-13(20-12)10-3-5-11(6-4-10)21-14(15,16)17/h3-7,9H,2,8H2,1H3,(H,18,19,20). The molecule has 0 aliphatic carbocycles. The van der Waals surface area contributed by atoms with Crippen molar-refractivity contribution in [2.24, 2.45) is 0 Å². The smallest absolute Gasteiger partial charge is 0.370 e. The predicted octanol–water partition coefficient (Wildman–Crippen LogP) is 4.58. The van der Waals surface area contributed by atoms with Gasteiger partial charge in [-0.05, 0) is 36.4 Å². The summed E-state index contributed by atoms with van der Waals surface area (Å²) in [4.78, 5) is 8.62. The SMILES string of the molecule is CCCNc1ccnc(-c2ccc(SC(F)(F)F)cc2)n1. The lowest BCUT2D eigenvalue weighted by Crippen LogP contribution is -2.03. The molecule has 1 aromatic heterocycles. The molecule has 2 aromatic rings. The minimum Gasteiger partial charge on any atom is -0.370 e. The summed E-state index contributed by atoms with van der Waals surface area (Å²) < 4.78 is 36.8. The molecule has 0 amide bonds. The molecule has 0 unspecified atom stereocenters. The van der Waals surface area contributed by atoms with Crippen molar-refractivity contribution in [2.75, 3.05) is 11.9 Å². The number of nitrogens with zero attached hydrogens (tertiary/aromatic N) is 2. The molecule has 0 radical (unpaired) electrons. The lowest BCUT2D eigenvalue weighted by Gasteiger charge is -2.07. The molecule has 21 heavy (non-hydrogen) atoms.